The fourth-order valence-electron chi connectivity index (χ4n) is 3.42. The van der Waals surface area contributed by atoms with Gasteiger partial charge in [-0.25, -0.2) is 14.8 Å². The Kier molecular flexibility index (Phi) is 6.16. The topological polar surface area (TPSA) is 148 Å². The van der Waals surface area contributed by atoms with Gasteiger partial charge in [0, 0.05) is 23.6 Å². The molecule has 0 fully saturated rings. The van der Waals surface area contributed by atoms with Crippen LogP contribution >= 0.6 is 0 Å². The van der Waals surface area contributed by atoms with Gasteiger partial charge in [0.15, 0.2) is 5.82 Å². The van der Waals surface area contributed by atoms with Crippen LogP contribution in [0, 0.1) is 12.3 Å². The highest BCUT2D eigenvalue weighted by molar-refractivity contribution is 5.95. The maximum absolute atomic E-state index is 12.7. The third kappa shape index (κ3) is 4.90. The van der Waals surface area contributed by atoms with Crippen LogP contribution in [0.5, 0.6) is 5.75 Å². The molecule has 0 aliphatic heterocycles. The molecule has 4 rings (SSSR count). The summed E-state index contributed by atoms with van der Waals surface area (Å²) in [4.78, 5) is 23.7. The van der Waals surface area contributed by atoms with Crippen molar-refractivity contribution in [1.82, 2.24) is 24.7 Å². The minimum Gasteiger partial charge on any atom is -0.494 e. The van der Waals surface area contributed by atoms with Crippen LogP contribution in [0.1, 0.15) is 35.5 Å². The highest BCUT2D eigenvalue weighted by Crippen LogP contribution is 2.28. The van der Waals surface area contributed by atoms with Crippen LogP contribution in [0.15, 0.2) is 65.7 Å². The van der Waals surface area contributed by atoms with Gasteiger partial charge in [0.1, 0.15) is 17.6 Å². The number of rotatable bonds is 8. The molecule has 10 heteroatoms. The van der Waals surface area contributed by atoms with E-state index in [1.807, 2.05) is 44.2 Å². The number of aromatic amines is 1. The van der Waals surface area contributed by atoms with E-state index in [9.17, 15) is 4.79 Å². The van der Waals surface area contributed by atoms with Crippen LogP contribution in [0.2, 0.25) is 0 Å². The standard InChI is InChI=1S/C23H24N8O2/c1-3-33-18-12-14(2)11-16(13-18)19(28-17-7-5-15(6-8-17)20(24)25)21-29-23(32)31(30-21)22-26-9-4-10-27-22/h4-13,19,28H,3H2,1-2H3,(H3,24,25)(H,29,30,32). The molecule has 1 unspecified atom stereocenters. The molecule has 168 valence electrons. The van der Waals surface area contributed by atoms with Gasteiger partial charge in [0.05, 0.1) is 6.61 Å². The van der Waals surface area contributed by atoms with E-state index in [0.717, 1.165) is 27.2 Å². The Morgan fingerprint density at radius 2 is 1.94 bits per heavy atom. The summed E-state index contributed by atoms with van der Waals surface area (Å²) in [5, 5.41) is 15.5. The molecule has 0 saturated heterocycles. The van der Waals surface area contributed by atoms with Crippen LogP contribution in [-0.4, -0.2) is 37.2 Å². The van der Waals surface area contributed by atoms with Gasteiger partial charge in [-0.05, 0) is 67.4 Å². The van der Waals surface area contributed by atoms with Gasteiger partial charge >= 0.3 is 5.69 Å². The van der Waals surface area contributed by atoms with Gasteiger partial charge in [0.2, 0.25) is 0 Å². The third-order valence-electron chi connectivity index (χ3n) is 4.87. The highest BCUT2D eigenvalue weighted by Gasteiger charge is 2.22. The van der Waals surface area contributed by atoms with Crippen molar-refractivity contribution in [3.05, 3.63) is 93.9 Å². The Morgan fingerprint density at radius 1 is 1.21 bits per heavy atom. The quantitative estimate of drug-likeness (QED) is 0.241. The first kappa shape index (κ1) is 21.8. The average molecular weight is 444 g/mol. The van der Waals surface area contributed by atoms with Crippen molar-refractivity contribution in [2.24, 2.45) is 5.73 Å². The molecule has 0 radical (unpaired) electrons. The van der Waals surface area contributed by atoms with Crippen molar-refractivity contribution < 1.29 is 4.74 Å². The summed E-state index contributed by atoms with van der Waals surface area (Å²) >= 11 is 0. The minimum absolute atomic E-state index is 0.0101. The number of benzene rings is 2. The lowest BCUT2D eigenvalue weighted by Crippen LogP contribution is -2.18. The summed E-state index contributed by atoms with van der Waals surface area (Å²) in [6.07, 6.45) is 3.09. The SMILES string of the molecule is CCOc1cc(C)cc(C(Nc2ccc(C(=N)N)cc2)c2nn(-c3ncccn3)c(=O)[nH]2)c1. The molecular weight excluding hydrogens is 420 g/mol. The van der Waals surface area contributed by atoms with Crippen molar-refractivity contribution in [1.29, 1.82) is 5.41 Å². The summed E-state index contributed by atoms with van der Waals surface area (Å²) in [5.41, 5.74) is 8.35. The fraction of sp³-hybridized carbons (Fsp3) is 0.174. The number of aromatic nitrogens is 5. The lowest BCUT2D eigenvalue weighted by molar-refractivity contribution is 0.339. The first-order valence-electron chi connectivity index (χ1n) is 10.4. The van der Waals surface area contributed by atoms with E-state index in [2.05, 4.69) is 25.4 Å². The second kappa shape index (κ2) is 9.35. The van der Waals surface area contributed by atoms with Gasteiger partial charge in [0.25, 0.3) is 5.95 Å². The Balaban J connectivity index is 1.78. The fourth-order valence-corrected chi connectivity index (χ4v) is 3.42. The number of hydrogen-bond donors (Lipinski definition) is 4. The molecule has 0 aliphatic carbocycles. The van der Waals surface area contributed by atoms with Crippen LogP contribution < -0.4 is 21.5 Å². The molecule has 0 spiro atoms. The monoisotopic (exact) mass is 444 g/mol. The van der Waals surface area contributed by atoms with Crippen LogP contribution in [0.4, 0.5) is 5.69 Å². The Bertz CT molecular complexity index is 1310. The van der Waals surface area contributed by atoms with E-state index in [0.29, 0.717) is 18.0 Å². The number of ether oxygens (including phenoxy) is 1. The van der Waals surface area contributed by atoms with Crippen molar-refractivity contribution in [3.63, 3.8) is 0 Å². The lowest BCUT2D eigenvalue weighted by atomic mass is 10.0. The van der Waals surface area contributed by atoms with Crippen molar-refractivity contribution in [2.75, 3.05) is 11.9 Å². The Hall–Kier alpha value is -4.47. The molecule has 33 heavy (non-hydrogen) atoms. The zero-order chi connectivity index (χ0) is 23.4. The molecule has 0 saturated carbocycles. The van der Waals surface area contributed by atoms with Crippen molar-refractivity contribution >= 4 is 11.5 Å². The summed E-state index contributed by atoms with van der Waals surface area (Å²) in [7, 11) is 0. The zero-order valence-electron chi connectivity index (χ0n) is 18.2. The number of amidine groups is 1. The lowest BCUT2D eigenvalue weighted by Gasteiger charge is -2.20. The number of H-pyrrole nitrogens is 1. The summed E-state index contributed by atoms with van der Waals surface area (Å²) in [5.74, 6) is 1.27. The van der Waals surface area contributed by atoms with E-state index in [4.69, 9.17) is 15.9 Å². The molecule has 2 aromatic carbocycles. The normalized spacial score (nSPS) is 11.7. The molecule has 0 aliphatic rings. The summed E-state index contributed by atoms with van der Waals surface area (Å²) < 4.78 is 6.85. The van der Waals surface area contributed by atoms with E-state index in [1.54, 1.807) is 30.6 Å². The average Bonchev–Trinajstić information content (AvgIpc) is 3.19. The predicted octanol–water partition coefficient (Wildman–Crippen LogP) is 2.54. The molecule has 4 aromatic rings. The maximum atomic E-state index is 12.7. The highest BCUT2D eigenvalue weighted by atomic mass is 16.5. The van der Waals surface area contributed by atoms with Crippen molar-refractivity contribution in [2.45, 2.75) is 19.9 Å². The number of nitrogens with zero attached hydrogens (tertiary/aromatic N) is 4. The predicted molar refractivity (Wildman–Crippen MR) is 125 cm³/mol. The molecule has 2 aromatic heterocycles. The minimum atomic E-state index is -0.509. The number of anilines is 1. The van der Waals surface area contributed by atoms with E-state index < -0.39 is 11.7 Å². The van der Waals surface area contributed by atoms with Crippen LogP contribution in [0.25, 0.3) is 5.95 Å². The number of nitrogens with one attached hydrogen (secondary N) is 3. The molecule has 5 N–H and O–H groups in total. The van der Waals surface area contributed by atoms with Gasteiger partial charge in [-0.15, -0.1) is 9.78 Å². The second-order valence-electron chi connectivity index (χ2n) is 7.36. The molecule has 0 amide bonds. The first-order chi connectivity index (χ1) is 15.9. The molecule has 10 nitrogen and oxygen atoms in total. The Labute approximate surface area is 190 Å². The first-order valence-corrected chi connectivity index (χ1v) is 10.4. The van der Waals surface area contributed by atoms with Crippen molar-refractivity contribution in [3.8, 4) is 11.7 Å². The largest absolute Gasteiger partial charge is 0.494 e. The second-order valence-corrected chi connectivity index (χ2v) is 7.36. The number of nitrogens with two attached hydrogens (primary N) is 1. The number of aryl methyl sites for hydroxylation is 1. The van der Waals surface area contributed by atoms with Gasteiger partial charge in [-0.1, -0.05) is 6.07 Å². The summed E-state index contributed by atoms with van der Waals surface area (Å²) in [6, 6.07) is 14.2. The van der Waals surface area contributed by atoms with Gasteiger partial charge in [-0.3, -0.25) is 10.4 Å². The van der Waals surface area contributed by atoms with Crippen LogP contribution in [0.3, 0.4) is 0 Å². The maximum Gasteiger partial charge on any atom is 0.350 e. The van der Waals surface area contributed by atoms with Gasteiger partial charge < -0.3 is 15.8 Å². The molecular formula is C23H24N8O2. The number of nitrogen functional groups attached to an aromatic ring is 1. The third-order valence-corrected chi connectivity index (χ3v) is 4.87. The Morgan fingerprint density at radius 3 is 2.61 bits per heavy atom. The van der Waals surface area contributed by atoms with Gasteiger partial charge in [-0.2, -0.15) is 0 Å². The van der Waals surface area contributed by atoms with E-state index >= 15 is 0 Å². The van der Waals surface area contributed by atoms with Crippen LogP contribution in [-0.2, 0) is 0 Å². The molecule has 1 atom stereocenters. The molecule has 2 heterocycles. The molecule has 0 bridgehead atoms. The summed E-state index contributed by atoms with van der Waals surface area (Å²) in [6.45, 7) is 4.43. The van der Waals surface area contributed by atoms with E-state index in [1.165, 1.54) is 0 Å². The van der Waals surface area contributed by atoms with E-state index in [-0.39, 0.29) is 11.8 Å². The zero-order valence-corrected chi connectivity index (χ0v) is 18.2. The number of hydrogen-bond acceptors (Lipinski definition) is 7. The smallest absolute Gasteiger partial charge is 0.350 e.